The van der Waals surface area contributed by atoms with Crippen LogP contribution < -0.4 is 15.7 Å². The maximum Gasteiger partial charge on any atom is 0.336 e. The third-order valence-corrected chi connectivity index (χ3v) is 4.10. The van der Waals surface area contributed by atoms with Gasteiger partial charge in [-0.2, -0.15) is 0 Å². The monoisotopic (exact) mass is 372 g/mol. The van der Waals surface area contributed by atoms with E-state index < -0.39 is 5.63 Å². The first-order chi connectivity index (χ1) is 13.7. The Bertz CT molecular complexity index is 1170. The molecule has 6 heteroatoms. The lowest BCUT2D eigenvalue weighted by Gasteiger charge is -2.09. The van der Waals surface area contributed by atoms with Gasteiger partial charge in [0.15, 0.2) is 6.61 Å². The topological polar surface area (TPSA) is 81.4 Å². The van der Waals surface area contributed by atoms with E-state index in [0.717, 1.165) is 16.5 Å². The zero-order valence-corrected chi connectivity index (χ0v) is 14.8. The number of nitrogens with zero attached hydrogens (tertiary/aromatic N) is 1. The fourth-order valence-electron chi connectivity index (χ4n) is 2.85. The summed E-state index contributed by atoms with van der Waals surface area (Å²) in [6, 6.07) is 21.5. The highest BCUT2D eigenvalue weighted by Gasteiger charge is 2.10. The summed E-state index contributed by atoms with van der Waals surface area (Å²) < 4.78 is 10.9. The van der Waals surface area contributed by atoms with Gasteiger partial charge >= 0.3 is 5.63 Å². The van der Waals surface area contributed by atoms with Crippen molar-refractivity contribution in [2.45, 2.75) is 0 Å². The summed E-state index contributed by atoms with van der Waals surface area (Å²) in [6.07, 6.45) is 1.59. The van der Waals surface area contributed by atoms with Gasteiger partial charge in [0.25, 0.3) is 5.91 Å². The zero-order chi connectivity index (χ0) is 19.3. The van der Waals surface area contributed by atoms with Crippen molar-refractivity contribution in [1.82, 2.24) is 4.98 Å². The molecule has 0 unspecified atom stereocenters. The van der Waals surface area contributed by atoms with E-state index in [1.165, 1.54) is 6.07 Å². The number of hydrogen-bond acceptors (Lipinski definition) is 5. The van der Waals surface area contributed by atoms with Crippen molar-refractivity contribution >= 4 is 22.7 Å². The van der Waals surface area contributed by atoms with Gasteiger partial charge in [-0.1, -0.05) is 36.4 Å². The number of rotatable bonds is 5. The molecule has 138 valence electrons. The number of nitrogens with one attached hydrogen (secondary N) is 1. The van der Waals surface area contributed by atoms with Crippen LogP contribution in [0, 0.1) is 0 Å². The highest BCUT2D eigenvalue weighted by atomic mass is 16.5. The minimum absolute atomic E-state index is 0.190. The molecule has 0 aliphatic heterocycles. The number of anilines is 1. The number of carbonyl (C=O) groups is 1. The van der Waals surface area contributed by atoms with Crippen LogP contribution in [0.25, 0.3) is 22.1 Å². The van der Waals surface area contributed by atoms with Crippen molar-refractivity contribution in [2.75, 3.05) is 11.9 Å². The predicted octanol–water partition coefficient (Wildman–Crippen LogP) is 3.87. The van der Waals surface area contributed by atoms with Crippen LogP contribution >= 0.6 is 0 Å². The Morgan fingerprint density at radius 1 is 1.00 bits per heavy atom. The van der Waals surface area contributed by atoms with E-state index in [-0.39, 0.29) is 12.5 Å². The normalized spacial score (nSPS) is 10.6. The van der Waals surface area contributed by atoms with E-state index in [0.29, 0.717) is 17.2 Å². The van der Waals surface area contributed by atoms with Crippen LogP contribution in [0.3, 0.4) is 0 Å². The second-order valence-corrected chi connectivity index (χ2v) is 6.05. The molecule has 0 saturated carbocycles. The minimum Gasteiger partial charge on any atom is -0.484 e. The first-order valence-electron chi connectivity index (χ1n) is 8.66. The van der Waals surface area contributed by atoms with Crippen molar-refractivity contribution in [3.8, 4) is 16.9 Å². The lowest BCUT2D eigenvalue weighted by Crippen LogP contribution is -2.20. The van der Waals surface area contributed by atoms with Crippen LogP contribution in [0.4, 0.5) is 5.82 Å². The summed E-state index contributed by atoms with van der Waals surface area (Å²) in [5.74, 6) is 0.545. The van der Waals surface area contributed by atoms with Gasteiger partial charge < -0.3 is 14.5 Å². The van der Waals surface area contributed by atoms with Gasteiger partial charge in [-0.25, -0.2) is 9.78 Å². The first-order valence-corrected chi connectivity index (χ1v) is 8.66. The summed E-state index contributed by atoms with van der Waals surface area (Å²) in [4.78, 5) is 28.0. The SMILES string of the molecule is O=C(COc1ccc2c(-c3ccccc3)cc(=O)oc2c1)Nc1ccccn1. The molecule has 2 aromatic heterocycles. The molecular formula is C22H16N2O4. The molecule has 28 heavy (non-hydrogen) atoms. The Hall–Kier alpha value is -3.93. The van der Waals surface area contributed by atoms with Gasteiger partial charge in [-0.05, 0) is 35.4 Å². The molecule has 0 fully saturated rings. The standard InChI is InChI=1S/C22H16N2O4/c25-21(24-20-8-4-5-11-23-20)14-27-16-9-10-17-18(15-6-2-1-3-7-15)13-22(26)28-19(17)12-16/h1-13H,14H2,(H,23,24,25). The quantitative estimate of drug-likeness (QED) is 0.538. The number of hydrogen-bond donors (Lipinski definition) is 1. The average molecular weight is 372 g/mol. The zero-order valence-electron chi connectivity index (χ0n) is 14.8. The van der Waals surface area contributed by atoms with E-state index in [9.17, 15) is 9.59 Å². The van der Waals surface area contributed by atoms with E-state index in [2.05, 4.69) is 10.3 Å². The lowest BCUT2D eigenvalue weighted by atomic mass is 10.0. The number of fused-ring (bicyclic) bond motifs is 1. The molecule has 6 nitrogen and oxygen atoms in total. The fourth-order valence-corrected chi connectivity index (χ4v) is 2.85. The molecule has 0 aliphatic carbocycles. The molecule has 4 aromatic rings. The minimum atomic E-state index is -0.448. The highest BCUT2D eigenvalue weighted by molar-refractivity contribution is 5.94. The molecule has 0 aliphatic rings. The van der Waals surface area contributed by atoms with Crippen LogP contribution in [0.2, 0.25) is 0 Å². The number of carbonyl (C=O) groups excluding carboxylic acids is 1. The van der Waals surface area contributed by atoms with E-state index in [1.807, 2.05) is 36.4 Å². The summed E-state index contributed by atoms with van der Waals surface area (Å²) in [7, 11) is 0. The smallest absolute Gasteiger partial charge is 0.336 e. The van der Waals surface area contributed by atoms with Crippen molar-refractivity contribution < 1.29 is 13.9 Å². The number of amides is 1. The van der Waals surface area contributed by atoms with Crippen molar-refractivity contribution in [3.05, 3.63) is 89.4 Å². The molecule has 1 N–H and O–H groups in total. The summed E-state index contributed by atoms with van der Waals surface area (Å²) in [6.45, 7) is -0.190. The van der Waals surface area contributed by atoms with E-state index >= 15 is 0 Å². The Kier molecular flexibility index (Phi) is 4.84. The molecule has 1 amide bonds. The maximum atomic E-state index is 12.0. The van der Waals surface area contributed by atoms with Gasteiger partial charge in [-0.15, -0.1) is 0 Å². The van der Waals surface area contributed by atoms with E-state index in [1.54, 1.807) is 36.5 Å². The molecule has 0 bridgehead atoms. The molecule has 2 aromatic carbocycles. The summed E-state index contributed by atoms with van der Waals surface area (Å²) in [5.41, 5.74) is 1.65. The van der Waals surface area contributed by atoms with Gasteiger partial charge in [0.1, 0.15) is 17.2 Å². The fraction of sp³-hybridized carbons (Fsp3) is 0.0455. The first kappa shape index (κ1) is 17.5. The van der Waals surface area contributed by atoms with Gasteiger partial charge in [0.2, 0.25) is 0 Å². The second kappa shape index (κ2) is 7.75. The van der Waals surface area contributed by atoms with Crippen LogP contribution in [0.1, 0.15) is 0 Å². The Labute approximate surface area is 160 Å². The molecule has 0 atom stereocenters. The maximum absolute atomic E-state index is 12.0. The van der Waals surface area contributed by atoms with Crippen LogP contribution in [-0.2, 0) is 4.79 Å². The van der Waals surface area contributed by atoms with Crippen LogP contribution in [0.5, 0.6) is 5.75 Å². The molecule has 0 spiro atoms. The number of aromatic nitrogens is 1. The number of ether oxygens (including phenoxy) is 1. The predicted molar refractivity (Wildman–Crippen MR) is 106 cm³/mol. The van der Waals surface area contributed by atoms with Crippen molar-refractivity contribution in [2.24, 2.45) is 0 Å². The van der Waals surface area contributed by atoms with Gasteiger partial charge in [-0.3, -0.25) is 4.79 Å². The van der Waals surface area contributed by atoms with Gasteiger partial charge in [0.05, 0.1) is 0 Å². The van der Waals surface area contributed by atoms with Crippen LogP contribution in [0.15, 0.2) is 88.2 Å². The molecule has 2 heterocycles. The van der Waals surface area contributed by atoms with Gasteiger partial charge in [0, 0.05) is 23.7 Å². The summed E-state index contributed by atoms with van der Waals surface area (Å²) in [5, 5.41) is 3.43. The van der Waals surface area contributed by atoms with Crippen LogP contribution in [-0.4, -0.2) is 17.5 Å². The Balaban J connectivity index is 1.55. The molecule has 4 rings (SSSR count). The third-order valence-electron chi connectivity index (χ3n) is 4.10. The number of benzene rings is 2. The van der Waals surface area contributed by atoms with Crippen molar-refractivity contribution in [3.63, 3.8) is 0 Å². The Morgan fingerprint density at radius 2 is 1.82 bits per heavy atom. The second-order valence-electron chi connectivity index (χ2n) is 6.05. The average Bonchev–Trinajstić information content (AvgIpc) is 2.73. The highest BCUT2D eigenvalue weighted by Crippen LogP contribution is 2.29. The van der Waals surface area contributed by atoms with Crippen molar-refractivity contribution in [1.29, 1.82) is 0 Å². The molecule has 0 saturated heterocycles. The molecule has 0 radical (unpaired) electrons. The lowest BCUT2D eigenvalue weighted by molar-refractivity contribution is -0.118. The number of pyridine rings is 1. The Morgan fingerprint density at radius 3 is 2.61 bits per heavy atom. The van der Waals surface area contributed by atoms with E-state index in [4.69, 9.17) is 9.15 Å². The summed E-state index contributed by atoms with van der Waals surface area (Å²) >= 11 is 0. The largest absolute Gasteiger partial charge is 0.484 e. The third kappa shape index (κ3) is 3.91. The molecular weight excluding hydrogens is 356 g/mol.